The van der Waals surface area contributed by atoms with Crippen LogP contribution in [-0.4, -0.2) is 47.3 Å². The molecule has 0 saturated carbocycles. The van der Waals surface area contributed by atoms with Gasteiger partial charge in [0.2, 0.25) is 5.91 Å². The Kier molecular flexibility index (Phi) is 5.13. The number of thiophene rings is 1. The summed E-state index contributed by atoms with van der Waals surface area (Å²) in [5, 5.41) is 1.92. The Balaban J connectivity index is 1.69. The summed E-state index contributed by atoms with van der Waals surface area (Å²) in [6.45, 7) is 2.42. The number of carbonyl (C=O) groups is 2. The van der Waals surface area contributed by atoms with Crippen molar-refractivity contribution in [2.45, 2.75) is 51.0 Å². The molecule has 0 bridgehead atoms. The Morgan fingerprint density at radius 1 is 1.00 bits per heavy atom. The monoisotopic (exact) mass is 320 g/mol. The minimum Gasteiger partial charge on any atom is -0.341 e. The quantitative estimate of drug-likeness (QED) is 0.840. The van der Waals surface area contributed by atoms with Gasteiger partial charge in [0.15, 0.2) is 0 Å². The van der Waals surface area contributed by atoms with Gasteiger partial charge in [0.1, 0.15) is 6.04 Å². The molecule has 2 aliphatic heterocycles. The third-order valence-electron chi connectivity index (χ3n) is 4.70. The third-order valence-corrected chi connectivity index (χ3v) is 5.56. The molecule has 120 valence electrons. The lowest BCUT2D eigenvalue weighted by Crippen LogP contribution is -2.48. The molecular formula is C17H24N2O2S. The summed E-state index contributed by atoms with van der Waals surface area (Å²) in [5.41, 5.74) is 0. The highest BCUT2D eigenvalue weighted by Crippen LogP contribution is 2.24. The number of nitrogens with zero attached hydrogens (tertiary/aromatic N) is 2. The zero-order valence-corrected chi connectivity index (χ0v) is 13.8. The molecule has 0 unspecified atom stereocenters. The molecule has 0 radical (unpaired) electrons. The van der Waals surface area contributed by atoms with Crippen LogP contribution in [0.5, 0.6) is 0 Å². The van der Waals surface area contributed by atoms with E-state index in [4.69, 9.17) is 0 Å². The Bertz CT molecular complexity index is 507. The molecule has 4 nitrogen and oxygen atoms in total. The lowest BCUT2D eigenvalue weighted by Gasteiger charge is -2.31. The first-order chi connectivity index (χ1) is 10.8. The van der Waals surface area contributed by atoms with Gasteiger partial charge in [-0.25, -0.2) is 0 Å². The van der Waals surface area contributed by atoms with Gasteiger partial charge in [0.05, 0.1) is 4.88 Å². The first-order valence-electron chi connectivity index (χ1n) is 8.40. The van der Waals surface area contributed by atoms with E-state index in [1.165, 1.54) is 30.6 Å². The van der Waals surface area contributed by atoms with E-state index in [1.54, 1.807) is 4.90 Å². The Hall–Kier alpha value is -1.36. The van der Waals surface area contributed by atoms with E-state index in [2.05, 4.69) is 0 Å². The normalized spacial score (nSPS) is 23.2. The minimum atomic E-state index is -0.242. The van der Waals surface area contributed by atoms with Crippen molar-refractivity contribution in [3.05, 3.63) is 22.4 Å². The van der Waals surface area contributed by atoms with Gasteiger partial charge in [-0.1, -0.05) is 25.3 Å². The van der Waals surface area contributed by atoms with E-state index in [0.29, 0.717) is 6.54 Å². The summed E-state index contributed by atoms with van der Waals surface area (Å²) in [6.07, 6.45) is 7.65. The van der Waals surface area contributed by atoms with Crippen LogP contribution in [0.15, 0.2) is 17.5 Å². The molecule has 0 N–H and O–H groups in total. The average Bonchev–Trinajstić information content (AvgIpc) is 3.17. The van der Waals surface area contributed by atoms with Crippen molar-refractivity contribution in [1.29, 1.82) is 0 Å². The molecule has 0 aliphatic carbocycles. The van der Waals surface area contributed by atoms with Crippen molar-refractivity contribution in [3.63, 3.8) is 0 Å². The maximum atomic E-state index is 12.9. The van der Waals surface area contributed by atoms with Gasteiger partial charge in [-0.05, 0) is 37.1 Å². The predicted molar refractivity (Wildman–Crippen MR) is 88.0 cm³/mol. The molecule has 0 spiro atoms. The standard InChI is InChI=1S/C17H24N2O2S/c20-16(18-10-4-2-1-3-5-11-18)14-8-6-12-19(14)17(21)15-9-7-13-22-15/h7,9,13-14H,1-6,8,10-12H2/t14-/m0/s1. The van der Waals surface area contributed by atoms with Crippen LogP contribution in [0.25, 0.3) is 0 Å². The molecule has 2 saturated heterocycles. The zero-order valence-electron chi connectivity index (χ0n) is 13.0. The van der Waals surface area contributed by atoms with Gasteiger partial charge in [0.25, 0.3) is 5.91 Å². The highest BCUT2D eigenvalue weighted by atomic mass is 32.1. The van der Waals surface area contributed by atoms with Crippen LogP contribution in [0, 0.1) is 0 Å². The van der Waals surface area contributed by atoms with Crippen molar-refractivity contribution in [3.8, 4) is 0 Å². The summed E-state index contributed by atoms with van der Waals surface area (Å²) in [7, 11) is 0. The summed E-state index contributed by atoms with van der Waals surface area (Å²) < 4.78 is 0. The summed E-state index contributed by atoms with van der Waals surface area (Å²) in [5.74, 6) is 0.196. The third kappa shape index (κ3) is 3.35. The topological polar surface area (TPSA) is 40.6 Å². The van der Waals surface area contributed by atoms with Crippen LogP contribution in [-0.2, 0) is 4.79 Å². The van der Waals surface area contributed by atoms with Crippen LogP contribution >= 0.6 is 11.3 Å². The number of hydrogen-bond acceptors (Lipinski definition) is 3. The van der Waals surface area contributed by atoms with Crippen molar-refractivity contribution >= 4 is 23.2 Å². The number of rotatable bonds is 2. The van der Waals surface area contributed by atoms with Crippen LogP contribution in [0.4, 0.5) is 0 Å². The second kappa shape index (κ2) is 7.27. The summed E-state index contributed by atoms with van der Waals surface area (Å²) >= 11 is 1.46. The molecule has 1 aromatic rings. The fraction of sp³-hybridized carbons (Fsp3) is 0.647. The maximum absolute atomic E-state index is 12.9. The van der Waals surface area contributed by atoms with Crippen LogP contribution in [0.1, 0.15) is 54.6 Å². The van der Waals surface area contributed by atoms with Gasteiger partial charge in [-0.3, -0.25) is 9.59 Å². The molecule has 2 amide bonds. The van der Waals surface area contributed by atoms with Crippen LogP contribution < -0.4 is 0 Å². The van der Waals surface area contributed by atoms with Gasteiger partial charge >= 0.3 is 0 Å². The predicted octanol–water partition coefficient (Wildman–Crippen LogP) is 3.15. The molecule has 5 heteroatoms. The van der Waals surface area contributed by atoms with Crippen molar-refractivity contribution in [2.75, 3.05) is 19.6 Å². The Labute approximate surface area is 136 Å². The number of carbonyl (C=O) groups excluding carboxylic acids is 2. The molecule has 3 heterocycles. The van der Waals surface area contributed by atoms with E-state index < -0.39 is 0 Å². The molecule has 2 aliphatic rings. The van der Waals surface area contributed by atoms with Crippen molar-refractivity contribution < 1.29 is 9.59 Å². The Morgan fingerprint density at radius 3 is 2.41 bits per heavy atom. The minimum absolute atomic E-state index is 0.0258. The van der Waals surface area contributed by atoms with E-state index >= 15 is 0 Å². The van der Waals surface area contributed by atoms with E-state index in [-0.39, 0.29) is 17.9 Å². The first-order valence-corrected chi connectivity index (χ1v) is 9.28. The van der Waals surface area contributed by atoms with Crippen molar-refractivity contribution in [1.82, 2.24) is 9.80 Å². The molecular weight excluding hydrogens is 296 g/mol. The molecule has 0 aromatic carbocycles. The second-order valence-corrected chi connectivity index (χ2v) is 7.17. The molecule has 22 heavy (non-hydrogen) atoms. The number of amides is 2. The molecule has 1 atom stereocenters. The fourth-order valence-electron chi connectivity index (χ4n) is 3.49. The summed E-state index contributed by atoms with van der Waals surface area (Å²) in [4.78, 5) is 30.0. The van der Waals surface area contributed by atoms with E-state index in [1.807, 2.05) is 22.4 Å². The van der Waals surface area contributed by atoms with Gasteiger partial charge in [0, 0.05) is 19.6 Å². The SMILES string of the molecule is O=C([C@@H]1CCCN1C(=O)c1cccs1)N1CCCCCCC1. The summed E-state index contributed by atoms with van der Waals surface area (Å²) in [6, 6.07) is 3.50. The second-order valence-electron chi connectivity index (χ2n) is 6.23. The lowest BCUT2D eigenvalue weighted by atomic mass is 10.1. The molecule has 3 rings (SSSR count). The van der Waals surface area contributed by atoms with E-state index in [9.17, 15) is 9.59 Å². The van der Waals surface area contributed by atoms with Crippen LogP contribution in [0.2, 0.25) is 0 Å². The highest BCUT2D eigenvalue weighted by Gasteiger charge is 2.37. The number of likely N-dealkylation sites (tertiary alicyclic amines) is 2. The molecule has 2 fully saturated rings. The average molecular weight is 320 g/mol. The van der Waals surface area contributed by atoms with Crippen LogP contribution in [0.3, 0.4) is 0 Å². The first kappa shape index (κ1) is 15.5. The lowest BCUT2D eigenvalue weighted by molar-refractivity contribution is -0.135. The van der Waals surface area contributed by atoms with Gasteiger partial charge in [-0.15, -0.1) is 11.3 Å². The largest absolute Gasteiger partial charge is 0.341 e. The van der Waals surface area contributed by atoms with Crippen molar-refractivity contribution in [2.24, 2.45) is 0 Å². The zero-order chi connectivity index (χ0) is 15.4. The van der Waals surface area contributed by atoms with Gasteiger partial charge < -0.3 is 9.80 Å². The molecule has 1 aromatic heterocycles. The fourth-order valence-corrected chi connectivity index (χ4v) is 4.17. The van der Waals surface area contributed by atoms with Gasteiger partial charge in [-0.2, -0.15) is 0 Å². The smallest absolute Gasteiger partial charge is 0.264 e. The van der Waals surface area contributed by atoms with E-state index in [0.717, 1.165) is 43.6 Å². The Morgan fingerprint density at radius 2 is 1.73 bits per heavy atom. The maximum Gasteiger partial charge on any atom is 0.264 e. The highest BCUT2D eigenvalue weighted by molar-refractivity contribution is 7.12. The number of hydrogen-bond donors (Lipinski definition) is 0.